The fraction of sp³-hybridized carbons (Fsp3) is 0.429. The first-order valence-electron chi connectivity index (χ1n) is 5.59. The zero-order valence-electron chi connectivity index (χ0n) is 10.5. The molecule has 0 saturated carbocycles. The molecule has 17 heavy (non-hydrogen) atoms. The van der Waals surface area contributed by atoms with E-state index in [-0.39, 0.29) is 6.04 Å². The molecule has 0 bridgehead atoms. The molecule has 0 aliphatic carbocycles. The molecule has 0 radical (unpaired) electrons. The van der Waals surface area contributed by atoms with Crippen molar-refractivity contribution in [3.05, 3.63) is 30.3 Å². The van der Waals surface area contributed by atoms with E-state index in [9.17, 15) is 5.26 Å². The van der Waals surface area contributed by atoms with E-state index in [0.29, 0.717) is 6.42 Å². The van der Waals surface area contributed by atoms with Gasteiger partial charge in [-0.05, 0) is 32.4 Å². The fourth-order valence-electron chi connectivity index (χ4n) is 1.64. The number of para-hydroxylation sites is 1. The number of rotatable bonds is 4. The predicted molar refractivity (Wildman–Crippen MR) is 68.3 cm³/mol. The van der Waals surface area contributed by atoms with Crippen molar-refractivity contribution < 1.29 is 0 Å². The van der Waals surface area contributed by atoms with Crippen LogP contribution in [0.1, 0.15) is 20.3 Å². The number of nitrogens with zero attached hydrogens (tertiary/aromatic N) is 3. The molecule has 3 nitrogen and oxygen atoms in total. The van der Waals surface area contributed by atoms with E-state index in [1.807, 2.05) is 56.1 Å². The molecule has 88 valence electrons. The second-order valence-corrected chi connectivity index (χ2v) is 4.79. The Kier molecular flexibility index (Phi) is 4.12. The van der Waals surface area contributed by atoms with Crippen LogP contribution in [-0.2, 0) is 0 Å². The van der Waals surface area contributed by atoms with Gasteiger partial charge in [-0.3, -0.25) is 0 Å². The third kappa shape index (κ3) is 3.50. The topological polar surface area (TPSA) is 50.8 Å². The van der Waals surface area contributed by atoms with Crippen molar-refractivity contribution in [1.29, 1.82) is 10.5 Å². The molecule has 1 rings (SSSR count). The fourth-order valence-corrected chi connectivity index (χ4v) is 1.64. The maximum atomic E-state index is 9.22. The lowest BCUT2D eigenvalue weighted by molar-refractivity contribution is 0.425. The van der Waals surface area contributed by atoms with Gasteiger partial charge in [0.25, 0.3) is 0 Å². The molecular formula is C14H17N3. The minimum Gasteiger partial charge on any atom is -0.359 e. The van der Waals surface area contributed by atoms with Gasteiger partial charge in [0.15, 0.2) is 0 Å². The summed E-state index contributed by atoms with van der Waals surface area (Å²) in [5, 5.41) is 18.2. The van der Waals surface area contributed by atoms with Crippen molar-refractivity contribution in [2.75, 3.05) is 11.9 Å². The lowest BCUT2D eigenvalue weighted by Gasteiger charge is -2.28. The molecule has 1 aromatic rings. The predicted octanol–water partition coefficient (Wildman–Crippen LogP) is 2.95. The Morgan fingerprint density at radius 1 is 1.24 bits per heavy atom. The van der Waals surface area contributed by atoms with Crippen LogP contribution in [0.15, 0.2) is 30.3 Å². The van der Waals surface area contributed by atoms with E-state index in [1.54, 1.807) is 0 Å². The van der Waals surface area contributed by atoms with E-state index in [2.05, 4.69) is 12.1 Å². The Hall–Kier alpha value is -2.00. The Bertz CT molecular complexity index is 437. The summed E-state index contributed by atoms with van der Waals surface area (Å²) >= 11 is 0. The van der Waals surface area contributed by atoms with Gasteiger partial charge in [-0.1, -0.05) is 18.2 Å². The van der Waals surface area contributed by atoms with Crippen molar-refractivity contribution in [2.45, 2.75) is 26.3 Å². The van der Waals surface area contributed by atoms with Gasteiger partial charge >= 0.3 is 0 Å². The quantitative estimate of drug-likeness (QED) is 0.794. The van der Waals surface area contributed by atoms with Gasteiger partial charge < -0.3 is 4.90 Å². The van der Waals surface area contributed by atoms with Crippen LogP contribution in [0.5, 0.6) is 0 Å². The minimum absolute atomic E-state index is 0.285. The van der Waals surface area contributed by atoms with Crippen LogP contribution in [-0.4, -0.2) is 13.1 Å². The number of nitriles is 2. The minimum atomic E-state index is -0.483. The second kappa shape index (κ2) is 5.37. The molecule has 0 aliphatic heterocycles. The first-order valence-corrected chi connectivity index (χ1v) is 5.59. The van der Waals surface area contributed by atoms with E-state index < -0.39 is 5.41 Å². The van der Waals surface area contributed by atoms with E-state index in [0.717, 1.165) is 5.69 Å². The van der Waals surface area contributed by atoms with Crippen molar-refractivity contribution >= 4 is 5.69 Å². The summed E-state index contributed by atoms with van der Waals surface area (Å²) in [6.07, 6.45) is 0.533. The summed E-state index contributed by atoms with van der Waals surface area (Å²) in [4.78, 5) is 1.92. The van der Waals surface area contributed by atoms with Crippen LogP contribution in [0.3, 0.4) is 0 Å². The average Bonchev–Trinajstić information content (AvgIpc) is 2.36. The van der Waals surface area contributed by atoms with Crippen molar-refractivity contribution in [3.63, 3.8) is 0 Å². The lowest BCUT2D eigenvalue weighted by atomic mass is 9.87. The van der Waals surface area contributed by atoms with Crippen LogP contribution in [0.2, 0.25) is 0 Å². The highest BCUT2D eigenvalue weighted by Gasteiger charge is 2.25. The molecule has 0 amide bonds. The maximum Gasteiger partial charge on any atom is 0.118 e. The highest BCUT2D eigenvalue weighted by atomic mass is 15.1. The first kappa shape index (κ1) is 13.1. The smallest absolute Gasteiger partial charge is 0.118 e. The molecule has 1 atom stereocenters. The van der Waals surface area contributed by atoms with Crippen molar-refractivity contribution in [2.24, 2.45) is 5.41 Å². The number of hydrogen-bond donors (Lipinski definition) is 0. The largest absolute Gasteiger partial charge is 0.359 e. The summed E-state index contributed by atoms with van der Waals surface area (Å²) in [6, 6.07) is 14.0. The van der Waals surface area contributed by atoms with E-state index >= 15 is 0 Å². The molecular weight excluding hydrogens is 210 g/mol. The molecule has 0 aromatic heterocycles. The van der Waals surface area contributed by atoms with Gasteiger partial charge in [-0.15, -0.1) is 0 Å². The summed E-state index contributed by atoms with van der Waals surface area (Å²) in [5.41, 5.74) is 0.511. The molecule has 1 unspecified atom stereocenters. The van der Waals surface area contributed by atoms with Crippen LogP contribution in [0.4, 0.5) is 5.69 Å². The van der Waals surface area contributed by atoms with Gasteiger partial charge in [-0.2, -0.15) is 10.5 Å². The SMILES string of the molecule is CN(c1ccccc1)C(C#N)CC(C)(C)C#N. The van der Waals surface area contributed by atoms with Gasteiger partial charge in [0.05, 0.1) is 17.6 Å². The van der Waals surface area contributed by atoms with Gasteiger partial charge in [0.2, 0.25) is 0 Å². The Balaban J connectivity index is 2.84. The van der Waals surface area contributed by atoms with E-state index in [1.165, 1.54) is 0 Å². The first-order chi connectivity index (χ1) is 8.00. The third-order valence-corrected chi connectivity index (χ3v) is 2.79. The van der Waals surface area contributed by atoms with Gasteiger partial charge in [-0.25, -0.2) is 0 Å². The normalized spacial score (nSPS) is 12.3. The van der Waals surface area contributed by atoms with Crippen LogP contribution in [0.25, 0.3) is 0 Å². The molecule has 0 heterocycles. The zero-order valence-corrected chi connectivity index (χ0v) is 10.5. The molecule has 3 heteroatoms. The molecule has 0 fully saturated rings. The van der Waals surface area contributed by atoms with Crippen molar-refractivity contribution in [1.82, 2.24) is 0 Å². The lowest BCUT2D eigenvalue weighted by Crippen LogP contribution is -2.34. The number of anilines is 1. The summed E-state index contributed by atoms with van der Waals surface area (Å²) in [5.74, 6) is 0. The Morgan fingerprint density at radius 3 is 2.29 bits per heavy atom. The summed E-state index contributed by atoms with van der Waals surface area (Å²) < 4.78 is 0. The zero-order chi connectivity index (χ0) is 12.9. The summed E-state index contributed by atoms with van der Waals surface area (Å²) in [7, 11) is 1.89. The van der Waals surface area contributed by atoms with Crippen LogP contribution in [0, 0.1) is 28.1 Å². The standard InChI is InChI=1S/C14H17N3/c1-14(2,11-16)9-13(10-15)17(3)12-7-5-4-6-8-12/h4-8,13H,9H2,1-3H3. The molecule has 1 aromatic carbocycles. The van der Waals surface area contributed by atoms with Crippen LogP contribution >= 0.6 is 0 Å². The number of benzene rings is 1. The van der Waals surface area contributed by atoms with Crippen molar-refractivity contribution in [3.8, 4) is 12.1 Å². The highest BCUT2D eigenvalue weighted by molar-refractivity contribution is 5.47. The Labute approximate surface area is 103 Å². The summed E-state index contributed by atoms with van der Waals surface area (Å²) in [6.45, 7) is 3.71. The average molecular weight is 227 g/mol. The molecule has 0 N–H and O–H groups in total. The second-order valence-electron chi connectivity index (χ2n) is 4.79. The van der Waals surface area contributed by atoms with Gasteiger partial charge in [0.1, 0.15) is 6.04 Å². The number of hydrogen-bond acceptors (Lipinski definition) is 3. The molecule has 0 spiro atoms. The maximum absolute atomic E-state index is 9.22. The monoisotopic (exact) mass is 227 g/mol. The van der Waals surface area contributed by atoms with Gasteiger partial charge in [0, 0.05) is 12.7 Å². The highest BCUT2D eigenvalue weighted by Crippen LogP contribution is 2.25. The molecule has 0 aliphatic rings. The van der Waals surface area contributed by atoms with Crippen LogP contribution < -0.4 is 4.90 Å². The van der Waals surface area contributed by atoms with E-state index in [4.69, 9.17) is 5.26 Å². The Morgan fingerprint density at radius 2 is 1.82 bits per heavy atom. The third-order valence-electron chi connectivity index (χ3n) is 2.79. The molecule has 0 saturated heterocycles.